The first-order chi connectivity index (χ1) is 13.1. The summed E-state index contributed by atoms with van der Waals surface area (Å²) >= 11 is 0. The normalized spacial score (nSPS) is 42.7. The van der Waals surface area contributed by atoms with E-state index in [2.05, 4.69) is 0 Å². The van der Waals surface area contributed by atoms with E-state index < -0.39 is 29.5 Å². The number of carbonyl (C=O) groups is 2. The van der Waals surface area contributed by atoms with E-state index in [4.69, 9.17) is 14.2 Å². The molecule has 140 valence electrons. The summed E-state index contributed by atoms with van der Waals surface area (Å²) in [6.07, 6.45) is 3.73. The van der Waals surface area contributed by atoms with Crippen molar-refractivity contribution in [1.29, 1.82) is 0 Å². The van der Waals surface area contributed by atoms with Crippen molar-refractivity contribution >= 4 is 17.6 Å². The monoisotopic (exact) mass is 368 g/mol. The van der Waals surface area contributed by atoms with E-state index in [1.165, 1.54) is 0 Å². The zero-order valence-corrected chi connectivity index (χ0v) is 14.7. The number of nitrogens with zero attached hydrogens (tertiary/aromatic N) is 1. The molecule has 0 aliphatic carbocycles. The van der Waals surface area contributed by atoms with Gasteiger partial charge in [-0.1, -0.05) is 12.2 Å². The Labute approximate surface area is 155 Å². The number of hydrogen-bond donors (Lipinski definition) is 0. The van der Waals surface area contributed by atoms with E-state index in [1.54, 1.807) is 18.1 Å². The average molecular weight is 368 g/mol. The van der Waals surface area contributed by atoms with E-state index in [9.17, 15) is 14.7 Å². The molecule has 0 unspecified atom stereocenters. The van der Waals surface area contributed by atoms with E-state index in [-0.39, 0.29) is 24.0 Å². The van der Waals surface area contributed by atoms with Gasteiger partial charge in [-0.05, 0) is 24.6 Å². The molecule has 1 aromatic carbocycles. The lowest BCUT2D eigenvalue weighted by atomic mass is 9.70. The van der Waals surface area contributed by atoms with Crippen molar-refractivity contribution in [3.8, 4) is 5.75 Å². The Bertz CT molecular complexity index is 912. The number of benzene rings is 1. The van der Waals surface area contributed by atoms with Gasteiger partial charge in [-0.2, -0.15) is 0 Å². The molecule has 5 aliphatic heterocycles. The number of amides is 1. The van der Waals surface area contributed by atoms with E-state index in [0.29, 0.717) is 12.4 Å². The fraction of sp³-hybridized carbons (Fsp3) is 0.500. The van der Waals surface area contributed by atoms with Crippen LogP contribution in [0.15, 0.2) is 30.4 Å². The van der Waals surface area contributed by atoms with Crippen LogP contribution in [0.5, 0.6) is 5.75 Å². The summed E-state index contributed by atoms with van der Waals surface area (Å²) in [6, 6.07) is 5.32. The molecule has 2 bridgehead atoms. The second-order valence-corrected chi connectivity index (χ2v) is 7.94. The van der Waals surface area contributed by atoms with Crippen LogP contribution in [-0.2, 0) is 19.1 Å². The molecular formula is C20H18NO6-. The molecule has 0 radical (unpaired) electrons. The van der Waals surface area contributed by atoms with E-state index in [1.807, 2.05) is 24.3 Å². The molecule has 5 heterocycles. The van der Waals surface area contributed by atoms with Crippen molar-refractivity contribution in [2.24, 2.45) is 17.8 Å². The van der Waals surface area contributed by atoms with Crippen molar-refractivity contribution in [2.45, 2.75) is 30.3 Å². The molecule has 1 amide bonds. The molecule has 3 fully saturated rings. The van der Waals surface area contributed by atoms with Crippen LogP contribution in [0.2, 0.25) is 0 Å². The molecule has 7 heteroatoms. The smallest absolute Gasteiger partial charge is 0.234 e. The number of ether oxygens (including phenoxy) is 3. The number of carbonyl (C=O) groups excluding carboxylic acids is 2. The summed E-state index contributed by atoms with van der Waals surface area (Å²) in [4.78, 5) is 27.0. The molecule has 7 atom stereocenters. The van der Waals surface area contributed by atoms with Gasteiger partial charge in [0.1, 0.15) is 11.4 Å². The largest absolute Gasteiger partial charge is 0.550 e. The Kier molecular flexibility index (Phi) is 2.85. The molecule has 1 aromatic rings. The van der Waals surface area contributed by atoms with Crippen molar-refractivity contribution in [2.75, 3.05) is 18.6 Å². The van der Waals surface area contributed by atoms with Crippen LogP contribution in [0, 0.1) is 17.8 Å². The van der Waals surface area contributed by atoms with Crippen molar-refractivity contribution < 1.29 is 28.9 Å². The molecular weight excluding hydrogens is 350 g/mol. The summed E-state index contributed by atoms with van der Waals surface area (Å²) in [6.45, 7) is 0.600. The molecule has 27 heavy (non-hydrogen) atoms. The maximum Gasteiger partial charge on any atom is 0.234 e. The highest BCUT2D eigenvalue weighted by molar-refractivity contribution is 6.04. The predicted octanol–water partition coefficient (Wildman–Crippen LogP) is 0.191. The molecule has 1 spiro atoms. The van der Waals surface area contributed by atoms with Gasteiger partial charge in [-0.15, -0.1) is 0 Å². The minimum atomic E-state index is -1.22. The lowest BCUT2D eigenvalue weighted by molar-refractivity contribution is -0.313. The Hall–Kier alpha value is -2.38. The van der Waals surface area contributed by atoms with Crippen LogP contribution < -0.4 is 14.7 Å². The number of methoxy groups -OCH3 is 1. The van der Waals surface area contributed by atoms with Gasteiger partial charge in [-0.25, -0.2) is 0 Å². The molecule has 6 rings (SSSR count). The first-order valence-electron chi connectivity index (χ1n) is 9.27. The van der Waals surface area contributed by atoms with Gasteiger partial charge in [-0.3, -0.25) is 4.79 Å². The first-order valence-corrected chi connectivity index (χ1v) is 9.27. The van der Waals surface area contributed by atoms with Crippen LogP contribution in [0.1, 0.15) is 18.1 Å². The topological polar surface area (TPSA) is 88.1 Å². The Morgan fingerprint density at radius 1 is 1.41 bits per heavy atom. The zero-order chi connectivity index (χ0) is 18.5. The molecule has 5 aliphatic rings. The van der Waals surface area contributed by atoms with E-state index >= 15 is 0 Å². The second-order valence-electron chi connectivity index (χ2n) is 7.94. The van der Waals surface area contributed by atoms with Crippen molar-refractivity contribution in [1.82, 2.24) is 0 Å². The second kappa shape index (κ2) is 4.91. The Morgan fingerprint density at radius 2 is 2.26 bits per heavy atom. The lowest BCUT2D eigenvalue weighted by Gasteiger charge is -2.44. The van der Waals surface area contributed by atoms with E-state index in [0.717, 1.165) is 17.7 Å². The summed E-state index contributed by atoms with van der Waals surface area (Å²) in [5.74, 6) is -2.37. The molecule has 0 aromatic heterocycles. The van der Waals surface area contributed by atoms with Crippen LogP contribution >= 0.6 is 0 Å². The third-order valence-corrected chi connectivity index (χ3v) is 6.95. The zero-order valence-electron chi connectivity index (χ0n) is 14.7. The van der Waals surface area contributed by atoms with Gasteiger partial charge in [0.15, 0.2) is 0 Å². The SMILES string of the molecule is COc1ccc2c(c1)[C@@H]1OCC[C@H]1[C@@H]1N2C(=O)[C@H]2[C@@H](C(=O)[O-])[C@H]3C=C[C@@]12O3. The van der Waals surface area contributed by atoms with Crippen molar-refractivity contribution in [3.63, 3.8) is 0 Å². The van der Waals surface area contributed by atoms with Gasteiger partial charge in [0.05, 0.1) is 37.0 Å². The quantitative estimate of drug-likeness (QED) is 0.693. The molecule has 7 nitrogen and oxygen atoms in total. The summed E-state index contributed by atoms with van der Waals surface area (Å²) in [7, 11) is 1.60. The number of carboxylic acid groups (broad SMARTS) is 1. The standard InChI is InChI=1S/C20H19NO6/c1-25-9-2-3-12-11(8-9)16-10(5-7-26-16)17-20-6-4-13(27-20)14(19(23)24)15(20)18(22)21(12)17/h2-4,6,8,10,13-17H,5,7H2,1H3,(H,23,24)/p-1/t10-,13-,14+,15-,16-,17+,20+/m1/s1. The maximum atomic E-state index is 13.5. The summed E-state index contributed by atoms with van der Waals surface area (Å²) in [5.41, 5.74) is 0.761. The number of carboxylic acids is 1. The van der Waals surface area contributed by atoms with Crippen LogP contribution in [0.3, 0.4) is 0 Å². The lowest BCUT2D eigenvalue weighted by Crippen LogP contribution is -2.53. The molecule has 0 saturated carbocycles. The highest BCUT2D eigenvalue weighted by Crippen LogP contribution is 2.62. The fourth-order valence-electron chi connectivity index (χ4n) is 6.01. The predicted molar refractivity (Wildman–Crippen MR) is 89.8 cm³/mol. The van der Waals surface area contributed by atoms with Gasteiger partial charge in [0.2, 0.25) is 5.91 Å². The third kappa shape index (κ3) is 1.66. The third-order valence-electron chi connectivity index (χ3n) is 6.95. The van der Waals surface area contributed by atoms with Crippen molar-refractivity contribution in [3.05, 3.63) is 35.9 Å². The number of anilines is 1. The van der Waals surface area contributed by atoms with Crippen LogP contribution in [0.4, 0.5) is 5.69 Å². The molecule has 0 N–H and O–H groups in total. The van der Waals surface area contributed by atoms with Gasteiger partial charge in [0.25, 0.3) is 0 Å². The minimum absolute atomic E-state index is 0.0439. The van der Waals surface area contributed by atoms with Crippen LogP contribution in [-0.4, -0.2) is 43.3 Å². The van der Waals surface area contributed by atoms with Gasteiger partial charge < -0.3 is 29.0 Å². The highest BCUT2D eigenvalue weighted by atomic mass is 16.5. The highest BCUT2D eigenvalue weighted by Gasteiger charge is 2.73. The minimum Gasteiger partial charge on any atom is -0.550 e. The summed E-state index contributed by atoms with van der Waals surface area (Å²) < 4.78 is 17.6. The van der Waals surface area contributed by atoms with Gasteiger partial charge >= 0.3 is 0 Å². The van der Waals surface area contributed by atoms with Gasteiger partial charge in [0, 0.05) is 30.0 Å². The maximum absolute atomic E-state index is 13.5. The first kappa shape index (κ1) is 15.7. The average Bonchev–Trinajstić information content (AvgIpc) is 3.41. The number of fused-ring (bicyclic) bond motifs is 7. The van der Waals surface area contributed by atoms with Crippen LogP contribution in [0.25, 0.3) is 0 Å². The molecule has 3 saturated heterocycles. The Morgan fingerprint density at radius 3 is 3.04 bits per heavy atom. The Balaban J connectivity index is 1.57. The fourth-order valence-corrected chi connectivity index (χ4v) is 6.01. The number of aliphatic carboxylic acids is 1. The number of hydrogen-bond acceptors (Lipinski definition) is 6. The number of rotatable bonds is 2. The summed E-state index contributed by atoms with van der Waals surface area (Å²) in [5, 5.41) is 11.8.